The lowest BCUT2D eigenvalue weighted by molar-refractivity contribution is 0.1000. The number of primary amides is 1. The molecule has 1 aromatic carbocycles. The van der Waals surface area contributed by atoms with Crippen LogP contribution in [-0.4, -0.2) is 11.9 Å². The fourth-order valence-corrected chi connectivity index (χ4v) is 1.90. The molecule has 0 radical (unpaired) electrons. The highest BCUT2D eigenvalue weighted by atomic mass is 19.1. The lowest BCUT2D eigenvalue weighted by Crippen LogP contribution is -2.27. The zero-order valence-corrected chi connectivity index (χ0v) is 9.87. The topological polar surface area (TPSA) is 55.1 Å². The molecule has 0 aliphatic heterocycles. The molecule has 2 rings (SSSR count). The Morgan fingerprint density at radius 1 is 1.59 bits per heavy atom. The number of benzene rings is 1. The number of rotatable bonds is 5. The second-order valence-corrected chi connectivity index (χ2v) is 4.68. The van der Waals surface area contributed by atoms with Crippen LogP contribution in [-0.2, 0) is 6.54 Å². The number of nitrogens with two attached hydrogens (primary N) is 1. The second kappa shape index (κ2) is 4.84. The Hall–Kier alpha value is -1.42. The molecular formula is C13H17FN2O. The Morgan fingerprint density at radius 3 is 2.88 bits per heavy atom. The van der Waals surface area contributed by atoms with Crippen molar-refractivity contribution in [3.8, 4) is 0 Å². The van der Waals surface area contributed by atoms with Gasteiger partial charge in [0, 0.05) is 23.7 Å². The maximum absolute atomic E-state index is 13.5. The molecular weight excluding hydrogens is 219 g/mol. The molecule has 1 atom stereocenters. The van der Waals surface area contributed by atoms with Gasteiger partial charge in [0.2, 0.25) is 5.91 Å². The third-order valence-electron chi connectivity index (χ3n) is 3.27. The Morgan fingerprint density at radius 2 is 2.29 bits per heavy atom. The minimum absolute atomic E-state index is 0.300. The lowest BCUT2D eigenvalue weighted by Gasteiger charge is -2.13. The van der Waals surface area contributed by atoms with E-state index in [1.807, 2.05) is 0 Å². The Bertz CT molecular complexity index is 429. The molecule has 0 spiro atoms. The van der Waals surface area contributed by atoms with Gasteiger partial charge in [-0.3, -0.25) is 4.79 Å². The molecule has 0 aromatic heterocycles. The smallest absolute Gasteiger partial charge is 0.248 e. The zero-order chi connectivity index (χ0) is 12.4. The van der Waals surface area contributed by atoms with Crippen LogP contribution < -0.4 is 11.1 Å². The molecule has 1 amide bonds. The zero-order valence-electron chi connectivity index (χ0n) is 9.87. The fraction of sp³-hybridized carbons (Fsp3) is 0.462. The summed E-state index contributed by atoms with van der Waals surface area (Å²) in [5, 5.41) is 3.28. The molecule has 3 N–H and O–H groups in total. The third-order valence-corrected chi connectivity index (χ3v) is 3.27. The quantitative estimate of drug-likeness (QED) is 0.819. The van der Waals surface area contributed by atoms with Crippen LogP contribution in [0.3, 0.4) is 0 Å². The standard InChI is InChI=1S/C13H17FN2O/c1-8(9-2-3-9)16-7-11-6-10(13(15)17)4-5-12(11)14/h4-6,8-9,16H,2-3,7H2,1H3,(H2,15,17). The predicted molar refractivity (Wildman–Crippen MR) is 63.9 cm³/mol. The summed E-state index contributed by atoms with van der Waals surface area (Å²) in [6, 6.07) is 4.61. The average Bonchev–Trinajstić information content (AvgIpc) is 3.11. The molecule has 1 fully saturated rings. The highest BCUT2D eigenvalue weighted by Crippen LogP contribution is 2.32. The van der Waals surface area contributed by atoms with Gasteiger partial charge in [-0.25, -0.2) is 4.39 Å². The van der Waals surface area contributed by atoms with E-state index in [1.165, 1.54) is 31.0 Å². The van der Waals surface area contributed by atoms with Crippen molar-refractivity contribution in [1.82, 2.24) is 5.32 Å². The van der Waals surface area contributed by atoms with Crippen LogP contribution >= 0.6 is 0 Å². The molecule has 1 aliphatic carbocycles. The van der Waals surface area contributed by atoms with Gasteiger partial charge in [0.15, 0.2) is 0 Å². The van der Waals surface area contributed by atoms with E-state index in [4.69, 9.17) is 5.73 Å². The van der Waals surface area contributed by atoms with Crippen molar-refractivity contribution in [3.05, 3.63) is 35.1 Å². The van der Waals surface area contributed by atoms with Crippen LogP contribution in [0.1, 0.15) is 35.7 Å². The number of halogens is 1. The molecule has 0 bridgehead atoms. The maximum atomic E-state index is 13.5. The fourth-order valence-electron chi connectivity index (χ4n) is 1.90. The minimum Gasteiger partial charge on any atom is -0.366 e. The third kappa shape index (κ3) is 3.03. The van der Waals surface area contributed by atoms with E-state index >= 15 is 0 Å². The molecule has 1 aromatic rings. The van der Waals surface area contributed by atoms with E-state index in [9.17, 15) is 9.18 Å². The van der Waals surface area contributed by atoms with Crippen LogP contribution in [0.15, 0.2) is 18.2 Å². The first-order valence-electron chi connectivity index (χ1n) is 5.89. The Labute approximate surface area is 100 Å². The summed E-state index contributed by atoms with van der Waals surface area (Å²) in [7, 11) is 0. The van der Waals surface area contributed by atoms with E-state index in [2.05, 4.69) is 12.2 Å². The normalized spacial score (nSPS) is 16.8. The van der Waals surface area contributed by atoms with Crippen molar-refractivity contribution in [2.45, 2.75) is 32.4 Å². The van der Waals surface area contributed by atoms with Crippen molar-refractivity contribution >= 4 is 5.91 Å². The molecule has 3 nitrogen and oxygen atoms in total. The van der Waals surface area contributed by atoms with Gasteiger partial charge in [-0.2, -0.15) is 0 Å². The molecule has 1 saturated carbocycles. The predicted octanol–water partition coefficient (Wildman–Crippen LogP) is 1.81. The second-order valence-electron chi connectivity index (χ2n) is 4.68. The lowest BCUT2D eigenvalue weighted by atomic mass is 10.1. The molecule has 17 heavy (non-hydrogen) atoms. The number of amides is 1. The van der Waals surface area contributed by atoms with E-state index < -0.39 is 5.91 Å². The van der Waals surface area contributed by atoms with E-state index in [0.29, 0.717) is 23.7 Å². The van der Waals surface area contributed by atoms with Crippen molar-refractivity contribution in [1.29, 1.82) is 0 Å². The van der Waals surface area contributed by atoms with Crippen LogP contribution in [0, 0.1) is 11.7 Å². The number of nitrogens with one attached hydrogen (secondary N) is 1. The minimum atomic E-state index is -0.526. The van der Waals surface area contributed by atoms with E-state index in [0.717, 1.165) is 5.92 Å². The van der Waals surface area contributed by atoms with Crippen molar-refractivity contribution in [3.63, 3.8) is 0 Å². The SMILES string of the molecule is CC(NCc1cc(C(N)=O)ccc1F)C1CC1. The van der Waals surface area contributed by atoms with Crippen LogP contribution in [0.25, 0.3) is 0 Å². The summed E-state index contributed by atoms with van der Waals surface area (Å²) in [6.07, 6.45) is 2.50. The molecule has 0 saturated heterocycles. The first kappa shape index (κ1) is 12.0. The molecule has 0 heterocycles. The molecule has 4 heteroatoms. The largest absolute Gasteiger partial charge is 0.366 e. The highest BCUT2D eigenvalue weighted by Gasteiger charge is 2.27. The first-order chi connectivity index (χ1) is 8.08. The van der Waals surface area contributed by atoms with Crippen LogP contribution in [0.2, 0.25) is 0 Å². The van der Waals surface area contributed by atoms with Crippen molar-refractivity contribution < 1.29 is 9.18 Å². The van der Waals surface area contributed by atoms with Gasteiger partial charge >= 0.3 is 0 Å². The number of carbonyl (C=O) groups excluding carboxylic acids is 1. The van der Waals surface area contributed by atoms with Gasteiger partial charge in [-0.05, 0) is 43.9 Å². The number of hydrogen-bond acceptors (Lipinski definition) is 2. The van der Waals surface area contributed by atoms with Crippen LogP contribution in [0.5, 0.6) is 0 Å². The first-order valence-corrected chi connectivity index (χ1v) is 5.89. The van der Waals surface area contributed by atoms with Gasteiger partial charge in [-0.15, -0.1) is 0 Å². The summed E-state index contributed by atoms with van der Waals surface area (Å²) < 4.78 is 13.5. The van der Waals surface area contributed by atoms with Crippen LogP contribution in [0.4, 0.5) is 4.39 Å². The average molecular weight is 236 g/mol. The van der Waals surface area contributed by atoms with E-state index in [1.54, 1.807) is 0 Å². The van der Waals surface area contributed by atoms with Crippen molar-refractivity contribution in [2.24, 2.45) is 11.7 Å². The Kier molecular flexibility index (Phi) is 3.43. The summed E-state index contributed by atoms with van der Waals surface area (Å²) in [5.41, 5.74) is 6.01. The summed E-state index contributed by atoms with van der Waals surface area (Å²) in [6.45, 7) is 2.54. The van der Waals surface area contributed by atoms with E-state index in [-0.39, 0.29) is 5.82 Å². The molecule has 1 aliphatic rings. The maximum Gasteiger partial charge on any atom is 0.248 e. The van der Waals surface area contributed by atoms with Gasteiger partial charge in [0.1, 0.15) is 5.82 Å². The highest BCUT2D eigenvalue weighted by molar-refractivity contribution is 5.92. The van der Waals surface area contributed by atoms with Gasteiger partial charge < -0.3 is 11.1 Å². The van der Waals surface area contributed by atoms with Gasteiger partial charge in [0.05, 0.1) is 0 Å². The number of hydrogen-bond donors (Lipinski definition) is 2. The van der Waals surface area contributed by atoms with Gasteiger partial charge in [0.25, 0.3) is 0 Å². The van der Waals surface area contributed by atoms with Gasteiger partial charge in [-0.1, -0.05) is 0 Å². The monoisotopic (exact) mass is 236 g/mol. The molecule has 92 valence electrons. The Balaban J connectivity index is 2.02. The summed E-state index contributed by atoms with van der Waals surface area (Å²) >= 11 is 0. The summed E-state index contributed by atoms with van der Waals surface area (Å²) in [4.78, 5) is 11.0. The van der Waals surface area contributed by atoms with Crippen molar-refractivity contribution in [2.75, 3.05) is 0 Å². The number of carbonyl (C=O) groups is 1. The summed E-state index contributed by atoms with van der Waals surface area (Å²) in [5.74, 6) is -0.107. The molecule has 1 unspecified atom stereocenters.